The summed E-state index contributed by atoms with van der Waals surface area (Å²) in [6.07, 6.45) is 1.59. The molecule has 100 valence electrons. The molecule has 1 amide bonds. The van der Waals surface area contributed by atoms with Crippen LogP contribution in [0.4, 0.5) is 0 Å². The zero-order valence-electron chi connectivity index (χ0n) is 11.3. The molecule has 0 fully saturated rings. The summed E-state index contributed by atoms with van der Waals surface area (Å²) in [6.45, 7) is 6.17. The number of nitrogens with one attached hydrogen (secondary N) is 1. The summed E-state index contributed by atoms with van der Waals surface area (Å²) in [5.41, 5.74) is 6.72. The lowest BCUT2D eigenvalue weighted by Gasteiger charge is -2.26. The minimum absolute atomic E-state index is 0.0330. The molecule has 0 heterocycles. The monoisotopic (exact) mass is 250 g/mol. The highest BCUT2D eigenvalue weighted by molar-refractivity contribution is 5.97. The maximum absolute atomic E-state index is 12.0. The lowest BCUT2D eigenvalue weighted by Crippen LogP contribution is -2.49. The highest BCUT2D eigenvalue weighted by atomic mass is 16.3. The number of rotatable bonds is 5. The number of benzene rings is 1. The van der Waals surface area contributed by atoms with E-state index in [2.05, 4.69) is 5.32 Å². The van der Waals surface area contributed by atoms with Gasteiger partial charge < -0.3 is 16.2 Å². The largest absolute Gasteiger partial charge is 0.507 e. The maximum Gasteiger partial charge on any atom is 0.255 e. The lowest BCUT2D eigenvalue weighted by molar-refractivity contribution is 0.0939. The molecular weight excluding hydrogens is 228 g/mol. The average molecular weight is 250 g/mol. The van der Waals surface area contributed by atoms with Crippen LogP contribution in [-0.2, 0) is 0 Å². The zero-order chi connectivity index (χ0) is 13.8. The molecule has 4 heteroatoms. The smallest absolute Gasteiger partial charge is 0.255 e. The number of aromatic hydroxyl groups is 1. The van der Waals surface area contributed by atoms with E-state index in [1.54, 1.807) is 25.1 Å². The number of carbonyl (C=O) groups is 1. The van der Waals surface area contributed by atoms with Crippen molar-refractivity contribution in [3.8, 4) is 5.75 Å². The first-order valence-corrected chi connectivity index (χ1v) is 6.29. The molecule has 0 aliphatic carbocycles. The molecule has 0 spiro atoms. The average Bonchev–Trinajstić information content (AvgIpc) is 2.39. The van der Waals surface area contributed by atoms with E-state index in [1.165, 1.54) is 0 Å². The minimum Gasteiger partial charge on any atom is -0.507 e. The summed E-state index contributed by atoms with van der Waals surface area (Å²) in [4.78, 5) is 12.0. The van der Waals surface area contributed by atoms with Gasteiger partial charge in [-0.25, -0.2) is 0 Å². The highest BCUT2D eigenvalue weighted by Gasteiger charge is 2.22. The molecule has 4 N–H and O–H groups in total. The molecule has 18 heavy (non-hydrogen) atoms. The van der Waals surface area contributed by atoms with Crippen molar-refractivity contribution in [1.29, 1.82) is 0 Å². The second kappa shape index (κ2) is 5.87. The summed E-state index contributed by atoms with van der Waals surface area (Å²) in [5.74, 6) is -0.251. The lowest BCUT2D eigenvalue weighted by atomic mass is 9.94. The normalized spacial score (nSPS) is 11.3. The Bertz CT molecular complexity index is 426. The fraction of sp³-hybridized carbons (Fsp3) is 0.500. The van der Waals surface area contributed by atoms with Crippen molar-refractivity contribution in [2.24, 2.45) is 5.73 Å². The fourth-order valence-corrected chi connectivity index (χ4v) is 1.69. The molecule has 0 radical (unpaired) electrons. The van der Waals surface area contributed by atoms with E-state index in [0.717, 1.165) is 12.8 Å². The molecule has 0 unspecified atom stereocenters. The Morgan fingerprint density at radius 3 is 2.56 bits per heavy atom. The molecule has 0 atom stereocenters. The molecule has 0 saturated heterocycles. The van der Waals surface area contributed by atoms with E-state index in [0.29, 0.717) is 17.7 Å². The summed E-state index contributed by atoms with van der Waals surface area (Å²) >= 11 is 0. The number of hydrogen-bond acceptors (Lipinski definition) is 3. The van der Waals surface area contributed by atoms with Crippen LogP contribution in [0, 0.1) is 6.92 Å². The Balaban J connectivity index is 2.75. The van der Waals surface area contributed by atoms with Crippen molar-refractivity contribution >= 4 is 5.91 Å². The molecule has 1 aromatic rings. The van der Waals surface area contributed by atoms with Gasteiger partial charge in [-0.2, -0.15) is 0 Å². The van der Waals surface area contributed by atoms with E-state index in [1.807, 2.05) is 13.8 Å². The van der Waals surface area contributed by atoms with Gasteiger partial charge in [0.05, 0.1) is 5.56 Å². The predicted octanol–water partition coefficient (Wildman–Crippen LogP) is 1.95. The first-order chi connectivity index (χ1) is 8.43. The predicted molar refractivity (Wildman–Crippen MR) is 72.7 cm³/mol. The molecule has 0 aromatic heterocycles. The van der Waals surface area contributed by atoms with Gasteiger partial charge in [-0.1, -0.05) is 26.0 Å². The van der Waals surface area contributed by atoms with Gasteiger partial charge in [0.15, 0.2) is 0 Å². The Morgan fingerprint density at radius 1 is 1.39 bits per heavy atom. The summed E-state index contributed by atoms with van der Waals surface area (Å²) in [7, 11) is 0. The Morgan fingerprint density at radius 2 is 2.00 bits per heavy atom. The number of amides is 1. The van der Waals surface area contributed by atoms with E-state index in [9.17, 15) is 9.90 Å². The molecule has 0 saturated carbocycles. The second-order valence-corrected chi connectivity index (χ2v) is 4.72. The molecule has 0 aliphatic rings. The van der Waals surface area contributed by atoms with Crippen LogP contribution < -0.4 is 11.1 Å². The van der Waals surface area contributed by atoms with Gasteiger partial charge in [0.2, 0.25) is 0 Å². The summed E-state index contributed by atoms with van der Waals surface area (Å²) < 4.78 is 0. The van der Waals surface area contributed by atoms with Gasteiger partial charge in [-0.15, -0.1) is 0 Å². The molecule has 0 bridgehead atoms. The van der Waals surface area contributed by atoms with Gasteiger partial charge in [0, 0.05) is 12.1 Å². The van der Waals surface area contributed by atoms with E-state index >= 15 is 0 Å². The Labute approximate surface area is 108 Å². The first kappa shape index (κ1) is 14.5. The number of carbonyl (C=O) groups excluding carboxylic acids is 1. The van der Waals surface area contributed by atoms with Crippen LogP contribution in [-0.4, -0.2) is 23.1 Å². The van der Waals surface area contributed by atoms with Crippen LogP contribution in [0.1, 0.15) is 42.6 Å². The minimum atomic E-state index is -0.380. The molecule has 4 nitrogen and oxygen atoms in total. The Kier molecular flexibility index (Phi) is 4.73. The van der Waals surface area contributed by atoms with Gasteiger partial charge >= 0.3 is 0 Å². The SMILES string of the molecule is CCC(N)(CC)CNC(=O)c1cccc(C)c1O. The van der Waals surface area contributed by atoms with Crippen molar-refractivity contribution in [3.63, 3.8) is 0 Å². The topological polar surface area (TPSA) is 75.3 Å². The van der Waals surface area contributed by atoms with E-state index < -0.39 is 0 Å². The number of para-hydroxylation sites is 1. The van der Waals surface area contributed by atoms with Gasteiger partial charge in [-0.05, 0) is 31.4 Å². The highest BCUT2D eigenvalue weighted by Crippen LogP contribution is 2.21. The van der Waals surface area contributed by atoms with Gasteiger partial charge in [0.1, 0.15) is 5.75 Å². The third-order valence-electron chi connectivity index (χ3n) is 3.49. The molecule has 1 aromatic carbocycles. The van der Waals surface area contributed by atoms with Crippen molar-refractivity contribution in [1.82, 2.24) is 5.32 Å². The zero-order valence-corrected chi connectivity index (χ0v) is 11.3. The molecular formula is C14H22N2O2. The number of aryl methyl sites for hydroxylation is 1. The first-order valence-electron chi connectivity index (χ1n) is 6.29. The number of phenolic OH excluding ortho intramolecular Hbond substituents is 1. The van der Waals surface area contributed by atoms with E-state index in [4.69, 9.17) is 5.73 Å². The van der Waals surface area contributed by atoms with Crippen LogP contribution >= 0.6 is 0 Å². The summed E-state index contributed by atoms with van der Waals surface area (Å²) in [6, 6.07) is 5.12. The fourth-order valence-electron chi connectivity index (χ4n) is 1.69. The van der Waals surface area contributed by atoms with Crippen LogP contribution in [0.5, 0.6) is 5.75 Å². The second-order valence-electron chi connectivity index (χ2n) is 4.72. The summed E-state index contributed by atoms with van der Waals surface area (Å²) in [5, 5.41) is 12.6. The van der Waals surface area contributed by atoms with Gasteiger partial charge in [0.25, 0.3) is 5.91 Å². The van der Waals surface area contributed by atoms with Crippen LogP contribution in [0.25, 0.3) is 0 Å². The number of hydrogen-bond donors (Lipinski definition) is 3. The van der Waals surface area contributed by atoms with Crippen molar-refractivity contribution in [2.45, 2.75) is 39.2 Å². The van der Waals surface area contributed by atoms with Crippen molar-refractivity contribution in [3.05, 3.63) is 29.3 Å². The van der Waals surface area contributed by atoms with Crippen LogP contribution in [0.3, 0.4) is 0 Å². The van der Waals surface area contributed by atoms with E-state index in [-0.39, 0.29) is 17.2 Å². The van der Waals surface area contributed by atoms with Crippen LogP contribution in [0.2, 0.25) is 0 Å². The number of phenols is 1. The van der Waals surface area contributed by atoms with Crippen LogP contribution in [0.15, 0.2) is 18.2 Å². The molecule has 1 rings (SSSR count). The van der Waals surface area contributed by atoms with Crippen molar-refractivity contribution in [2.75, 3.05) is 6.54 Å². The van der Waals surface area contributed by atoms with Gasteiger partial charge in [-0.3, -0.25) is 4.79 Å². The third kappa shape index (κ3) is 3.23. The Hall–Kier alpha value is -1.55. The number of nitrogens with two attached hydrogens (primary N) is 1. The van der Waals surface area contributed by atoms with Crippen molar-refractivity contribution < 1.29 is 9.90 Å². The quantitative estimate of drug-likeness (QED) is 0.747. The maximum atomic E-state index is 12.0. The third-order valence-corrected chi connectivity index (χ3v) is 3.49. The molecule has 0 aliphatic heterocycles. The standard InChI is InChI=1S/C14H22N2O2/c1-4-14(15,5-2)9-16-13(18)11-8-6-7-10(3)12(11)17/h6-8,17H,4-5,9,15H2,1-3H3,(H,16,18).